The van der Waals surface area contributed by atoms with Gasteiger partial charge >= 0.3 is 0 Å². The highest BCUT2D eigenvalue weighted by Gasteiger charge is 1.74. The van der Waals surface area contributed by atoms with Crippen molar-refractivity contribution < 1.29 is 5.11 Å². The van der Waals surface area contributed by atoms with E-state index in [1.807, 2.05) is 33.2 Å². The molecule has 13 heavy (non-hydrogen) atoms. The molecule has 0 radical (unpaired) electrons. The average molecular weight is 217 g/mol. The van der Waals surface area contributed by atoms with Crippen molar-refractivity contribution in [3.05, 3.63) is 30.3 Å². The van der Waals surface area contributed by atoms with Crippen LogP contribution < -0.4 is 0 Å². The predicted molar refractivity (Wildman–Crippen MR) is 65.6 cm³/mol. The molecule has 0 unspecified atom stereocenters. The van der Waals surface area contributed by atoms with Gasteiger partial charge in [-0.05, 0) is 12.1 Å². The van der Waals surface area contributed by atoms with Crippen LogP contribution in [0, 0.1) is 0 Å². The van der Waals surface area contributed by atoms with Crippen molar-refractivity contribution in [1.29, 1.82) is 0 Å². The standard InChI is InChI=1S/C6H6O.C2H6PS.C2H6/c7-6-4-2-1-3-5-6;1-3(2)4;1-2/h1-5,7H;1-2H3;1-2H3/q;+1;. The summed E-state index contributed by atoms with van der Waals surface area (Å²) in [5.41, 5.74) is 0. The monoisotopic (exact) mass is 217 g/mol. The lowest BCUT2D eigenvalue weighted by atomic mass is 10.3. The van der Waals surface area contributed by atoms with Crippen LogP contribution in [0.25, 0.3) is 0 Å². The number of phenolic OH excluding ortho intramolecular Hbond substituents is 1. The highest BCUT2D eigenvalue weighted by Crippen LogP contribution is 2.02. The van der Waals surface area contributed by atoms with Gasteiger partial charge in [-0.3, -0.25) is 0 Å². The summed E-state index contributed by atoms with van der Waals surface area (Å²) in [6.07, 6.45) is 0. The SMILES string of the molecule is CC.C[P+](C)=S.Oc1ccccc1. The van der Waals surface area contributed by atoms with E-state index >= 15 is 0 Å². The number of para-hydroxylation sites is 1. The summed E-state index contributed by atoms with van der Waals surface area (Å²) in [5, 5.41) is 8.63. The van der Waals surface area contributed by atoms with Crippen LogP contribution in [0.2, 0.25) is 0 Å². The first-order valence-corrected chi connectivity index (χ1v) is 7.46. The Balaban J connectivity index is 0. The molecule has 0 aliphatic carbocycles. The lowest BCUT2D eigenvalue weighted by Crippen LogP contribution is -1.56. The highest BCUT2D eigenvalue weighted by atomic mass is 32.4. The molecule has 0 bridgehead atoms. The van der Waals surface area contributed by atoms with Gasteiger partial charge in [0.25, 0.3) is 0 Å². The number of hydrogen-bond acceptors (Lipinski definition) is 2. The molecule has 1 rings (SSSR count). The zero-order valence-corrected chi connectivity index (χ0v) is 10.4. The fourth-order valence-electron chi connectivity index (χ4n) is 0.428. The molecule has 0 aliphatic rings. The van der Waals surface area contributed by atoms with Gasteiger partial charge in [-0.25, -0.2) is 0 Å². The minimum atomic E-state index is -0.0370. The predicted octanol–water partition coefficient (Wildman–Crippen LogP) is 3.61. The fraction of sp³-hybridized carbons (Fsp3) is 0.400. The van der Waals surface area contributed by atoms with E-state index < -0.39 is 0 Å². The van der Waals surface area contributed by atoms with E-state index in [4.69, 9.17) is 5.11 Å². The van der Waals surface area contributed by atoms with Gasteiger partial charge in [-0.15, -0.1) is 0 Å². The second-order valence-corrected chi connectivity index (χ2v) is 5.96. The molecular formula is C10H18OPS+. The maximum atomic E-state index is 8.63. The Labute approximate surface area is 87.2 Å². The molecule has 0 saturated carbocycles. The largest absolute Gasteiger partial charge is 0.508 e. The van der Waals surface area contributed by atoms with Crippen molar-refractivity contribution in [1.82, 2.24) is 0 Å². The lowest BCUT2D eigenvalue weighted by Gasteiger charge is -1.82. The molecule has 0 heterocycles. The molecule has 3 heteroatoms. The third-order valence-corrected chi connectivity index (χ3v) is 0.756. The summed E-state index contributed by atoms with van der Waals surface area (Å²) in [7, 11) is 0. The van der Waals surface area contributed by atoms with Crippen LogP contribution in [0.3, 0.4) is 0 Å². The molecule has 0 aromatic heterocycles. The molecule has 74 valence electrons. The van der Waals surface area contributed by atoms with Crippen molar-refractivity contribution in [2.24, 2.45) is 0 Å². The summed E-state index contributed by atoms with van der Waals surface area (Å²) in [5.74, 6) is 0.322. The Morgan fingerprint density at radius 3 is 1.54 bits per heavy atom. The zero-order valence-electron chi connectivity index (χ0n) is 8.69. The molecule has 0 amide bonds. The molecule has 1 aromatic rings. The van der Waals surface area contributed by atoms with Gasteiger partial charge in [-0.2, -0.15) is 0 Å². The Kier molecular flexibility index (Phi) is 13.3. The van der Waals surface area contributed by atoms with Gasteiger partial charge in [0.05, 0.1) is 0 Å². The van der Waals surface area contributed by atoms with E-state index in [1.54, 1.807) is 24.3 Å². The van der Waals surface area contributed by atoms with Crippen LogP contribution in [-0.4, -0.2) is 18.4 Å². The molecule has 1 aromatic carbocycles. The first-order valence-electron chi connectivity index (χ1n) is 4.21. The van der Waals surface area contributed by atoms with E-state index in [9.17, 15) is 0 Å². The smallest absolute Gasteiger partial charge is 0.168 e. The van der Waals surface area contributed by atoms with E-state index in [1.165, 1.54) is 0 Å². The summed E-state index contributed by atoms with van der Waals surface area (Å²) in [6, 6.07) is 8.71. The van der Waals surface area contributed by atoms with E-state index in [2.05, 4.69) is 11.8 Å². The minimum Gasteiger partial charge on any atom is -0.508 e. The second-order valence-electron chi connectivity index (χ2n) is 2.15. The molecule has 0 spiro atoms. The first kappa shape index (κ1) is 15.0. The zero-order chi connectivity index (χ0) is 10.7. The molecule has 0 saturated heterocycles. The number of rotatable bonds is 0. The molecule has 0 aliphatic heterocycles. The first-order chi connectivity index (χ1) is 6.13. The molecule has 1 nitrogen and oxygen atoms in total. The quantitative estimate of drug-likeness (QED) is 0.670. The Hall–Kier alpha value is -0.460. The van der Waals surface area contributed by atoms with Crippen molar-refractivity contribution >= 4 is 18.5 Å². The van der Waals surface area contributed by atoms with Crippen molar-refractivity contribution in [2.75, 3.05) is 13.3 Å². The van der Waals surface area contributed by atoms with Gasteiger partial charge in [0, 0.05) is 0 Å². The fourth-order valence-corrected chi connectivity index (χ4v) is 0.428. The third-order valence-electron chi connectivity index (χ3n) is 0.756. The summed E-state index contributed by atoms with van der Waals surface area (Å²) in [6.45, 7) is 8.06. The Morgan fingerprint density at radius 2 is 1.38 bits per heavy atom. The van der Waals surface area contributed by atoms with Crippen molar-refractivity contribution in [2.45, 2.75) is 13.8 Å². The van der Waals surface area contributed by atoms with Crippen LogP contribution in [0.1, 0.15) is 13.8 Å². The van der Waals surface area contributed by atoms with Gasteiger partial charge in [0.1, 0.15) is 19.1 Å². The van der Waals surface area contributed by atoms with Crippen molar-refractivity contribution in [3.8, 4) is 5.75 Å². The maximum Gasteiger partial charge on any atom is 0.168 e. The van der Waals surface area contributed by atoms with Crippen molar-refractivity contribution in [3.63, 3.8) is 0 Å². The van der Waals surface area contributed by atoms with Crippen LogP contribution in [0.15, 0.2) is 30.3 Å². The Morgan fingerprint density at radius 1 is 1.08 bits per heavy atom. The number of aromatic hydroxyl groups is 1. The van der Waals surface area contributed by atoms with Crippen LogP contribution in [-0.2, 0) is 11.8 Å². The number of benzene rings is 1. The summed E-state index contributed by atoms with van der Waals surface area (Å²) < 4.78 is 0. The lowest BCUT2D eigenvalue weighted by molar-refractivity contribution is 0.475. The van der Waals surface area contributed by atoms with Gasteiger partial charge in [0.15, 0.2) is 18.5 Å². The second kappa shape index (κ2) is 11.5. The minimum absolute atomic E-state index is 0.0370. The van der Waals surface area contributed by atoms with E-state index in [0.717, 1.165) is 0 Å². The molecule has 0 atom stereocenters. The topological polar surface area (TPSA) is 20.2 Å². The van der Waals surface area contributed by atoms with Crippen LogP contribution >= 0.6 is 6.70 Å². The maximum absolute atomic E-state index is 8.63. The summed E-state index contributed by atoms with van der Waals surface area (Å²) in [4.78, 5) is 0. The number of phenols is 1. The highest BCUT2D eigenvalue weighted by molar-refractivity contribution is 8.04. The van der Waals surface area contributed by atoms with Gasteiger partial charge < -0.3 is 5.11 Å². The van der Waals surface area contributed by atoms with E-state index in [-0.39, 0.29) is 6.70 Å². The third kappa shape index (κ3) is 18.5. The molecular weight excluding hydrogens is 199 g/mol. The summed E-state index contributed by atoms with van der Waals surface area (Å²) >= 11 is 4.69. The number of hydrogen-bond donors (Lipinski definition) is 1. The van der Waals surface area contributed by atoms with E-state index in [0.29, 0.717) is 5.75 Å². The molecule has 1 N–H and O–H groups in total. The van der Waals surface area contributed by atoms with Gasteiger partial charge in [0.2, 0.25) is 0 Å². The van der Waals surface area contributed by atoms with Gasteiger partial charge in [-0.1, -0.05) is 32.0 Å². The average Bonchev–Trinajstić information content (AvgIpc) is 2.08. The van der Waals surface area contributed by atoms with Crippen LogP contribution in [0.4, 0.5) is 0 Å². The Bertz CT molecular complexity index is 207. The normalized spacial score (nSPS) is 7.08. The molecule has 0 fully saturated rings. The van der Waals surface area contributed by atoms with Crippen LogP contribution in [0.5, 0.6) is 5.75 Å².